The van der Waals surface area contributed by atoms with Crippen LogP contribution >= 0.6 is 0 Å². The molecule has 0 saturated carbocycles. The normalized spacial score (nSPS) is 9.95. The molecule has 1 amide bonds. The molecule has 21 heavy (non-hydrogen) atoms. The summed E-state index contributed by atoms with van der Waals surface area (Å²) in [6.07, 6.45) is 0. The van der Waals surface area contributed by atoms with E-state index in [-0.39, 0.29) is 11.6 Å². The average molecular weight is 286 g/mol. The first kappa shape index (κ1) is 14.5. The van der Waals surface area contributed by atoms with Crippen molar-refractivity contribution in [2.45, 2.75) is 6.92 Å². The van der Waals surface area contributed by atoms with Gasteiger partial charge >= 0.3 is 0 Å². The molecule has 0 fully saturated rings. The number of amides is 1. The maximum Gasteiger partial charge on any atom is 0.269 e. The second-order valence-corrected chi connectivity index (χ2v) is 4.24. The summed E-state index contributed by atoms with van der Waals surface area (Å²) in [5.74, 6) is 0.785. The molecule has 0 radical (unpaired) electrons. The Hall–Kier alpha value is -2.89. The van der Waals surface area contributed by atoms with E-state index in [4.69, 9.17) is 4.74 Å². The van der Waals surface area contributed by atoms with Gasteiger partial charge in [0.1, 0.15) is 11.5 Å². The van der Waals surface area contributed by atoms with Crippen LogP contribution in [0, 0.1) is 10.1 Å². The summed E-state index contributed by atoms with van der Waals surface area (Å²) in [6, 6.07) is 12.5. The molecule has 6 heteroatoms. The summed E-state index contributed by atoms with van der Waals surface area (Å²) in [6.45, 7) is 2.39. The lowest BCUT2D eigenvalue weighted by molar-refractivity contribution is -0.384. The van der Waals surface area contributed by atoms with Gasteiger partial charge in [0.2, 0.25) is 0 Å². The zero-order chi connectivity index (χ0) is 15.2. The number of non-ortho nitro benzene ring substituents is 1. The average Bonchev–Trinajstić information content (AvgIpc) is 2.48. The third kappa shape index (κ3) is 3.79. The Labute approximate surface area is 121 Å². The number of nitrogens with one attached hydrogen (secondary N) is 1. The topological polar surface area (TPSA) is 81.5 Å². The van der Waals surface area contributed by atoms with Crippen molar-refractivity contribution in [2.75, 3.05) is 6.54 Å². The lowest BCUT2D eigenvalue weighted by Gasteiger charge is -2.07. The van der Waals surface area contributed by atoms with Crippen LogP contribution in [-0.4, -0.2) is 17.4 Å². The van der Waals surface area contributed by atoms with Crippen molar-refractivity contribution in [1.29, 1.82) is 0 Å². The van der Waals surface area contributed by atoms with Crippen molar-refractivity contribution in [1.82, 2.24) is 5.32 Å². The number of hydrogen-bond donors (Lipinski definition) is 1. The van der Waals surface area contributed by atoms with Crippen LogP contribution in [0.2, 0.25) is 0 Å². The maximum atomic E-state index is 11.7. The molecular weight excluding hydrogens is 272 g/mol. The van der Waals surface area contributed by atoms with Gasteiger partial charge in [-0.1, -0.05) is 6.07 Å². The van der Waals surface area contributed by atoms with Gasteiger partial charge in [0.05, 0.1) is 4.92 Å². The number of carbonyl (C=O) groups is 1. The summed E-state index contributed by atoms with van der Waals surface area (Å²) in [7, 11) is 0. The van der Waals surface area contributed by atoms with E-state index in [0.717, 1.165) is 0 Å². The van der Waals surface area contributed by atoms with Crippen molar-refractivity contribution in [3.05, 3.63) is 64.2 Å². The van der Waals surface area contributed by atoms with Crippen molar-refractivity contribution < 1.29 is 14.5 Å². The second kappa shape index (κ2) is 6.51. The summed E-state index contributed by atoms with van der Waals surface area (Å²) < 4.78 is 5.58. The lowest BCUT2D eigenvalue weighted by Crippen LogP contribution is -2.22. The highest BCUT2D eigenvalue weighted by atomic mass is 16.6. The molecule has 0 saturated heterocycles. The van der Waals surface area contributed by atoms with Crippen LogP contribution in [0.5, 0.6) is 11.5 Å². The molecule has 6 nitrogen and oxygen atoms in total. The Kier molecular flexibility index (Phi) is 4.50. The monoisotopic (exact) mass is 286 g/mol. The van der Waals surface area contributed by atoms with E-state index in [9.17, 15) is 14.9 Å². The molecule has 2 aromatic rings. The third-order valence-electron chi connectivity index (χ3n) is 2.72. The van der Waals surface area contributed by atoms with Crippen LogP contribution in [0.4, 0.5) is 5.69 Å². The molecule has 0 spiro atoms. The molecule has 2 rings (SSSR count). The van der Waals surface area contributed by atoms with E-state index in [1.165, 1.54) is 24.3 Å². The van der Waals surface area contributed by atoms with Gasteiger partial charge in [-0.25, -0.2) is 0 Å². The van der Waals surface area contributed by atoms with Crippen LogP contribution in [0.3, 0.4) is 0 Å². The van der Waals surface area contributed by atoms with Gasteiger partial charge in [-0.3, -0.25) is 14.9 Å². The molecule has 2 aromatic carbocycles. The number of nitrogens with zero attached hydrogens (tertiary/aromatic N) is 1. The van der Waals surface area contributed by atoms with E-state index in [0.29, 0.717) is 23.6 Å². The Morgan fingerprint density at radius 1 is 1.19 bits per heavy atom. The molecule has 1 N–H and O–H groups in total. The quantitative estimate of drug-likeness (QED) is 0.676. The fourth-order valence-electron chi connectivity index (χ4n) is 1.74. The number of benzene rings is 2. The van der Waals surface area contributed by atoms with Gasteiger partial charge in [-0.2, -0.15) is 0 Å². The van der Waals surface area contributed by atoms with Crippen molar-refractivity contribution >= 4 is 11.6 Å². The Bertz CT molecular complexity index is 653. The van der Waals surface area contributed by atoms with Crippen LogP contribution < -0.4 is 10.1 Å². The van der Waals surface area contributed by atoms with Crippen molar-refractivity contribution in [3.8, 4) is 11.5 Å². The predicted octanol–water partition coefficient (Wildman–Crippen LogP) is 3.14. The van der Waals surface area contributed by atoms with E-state index in [1.54, 1.807) is 24.3 Å². The molecule has 0 heterocycles. The number of rotatable bonds is 5. The van der Waals surface area contributed by atoms with Crippen molar-refractivity contribution in [2.24, 2.45) is 0 Å². The molecule has 0 aliphatic rings. The molecule has 0 bridgehead atoms. The molecule has 0 atom stereocenters. The molecule has 0 aliphatic carbocycles. The largest absolute Gasteiger partial charge is 0.457 e. The first-order valence-electron chi connectivity index (χ1n) is 6.40. The van der Waals surface area contributed by atoms with Gasteiger partial charge in [0.25, 0.3) is 11.6 Å². The summed E-state index contributed by atoms with van der Waals surface area (Å²) >= 11 is 0. The van der Waals surface area contributed by atoms with Crippen LogP contribution in [0.15, 0.2) is 48.5 Å². The fourth-order valence-corrected chi connectivity index (χ4v) is 1.74. The Morgan fingerprint density at radius 3 is 2.52 bits per heavy atom. The summed E-state index contributed by atoms with van der Waals surface area (Å²) in [4.78, 5) is 21.8. The summed E-state index contributed by atoms with van der Waals surface area (Å²) in [5.41, 5.74) is 0.495. The van der Waals surface area contributed by atoms with Gasteiger partial charge in [-0.05, 0) is 37.3 Å². The van der Waals surface area contributed by atoms with E-state index in [1.807, 2.05) is 6.92 Å². The van der Waals surface area contributed by atoms with Gasteiger partial charge in [0.15, 0.2) is 0 Å². The zero-order valence-corrected chi connectivity index (χ0v) is 11.4. The van der Waals surface area contributed by atoms with Gasteiger partial charge in [-0.15, -0.1) is 0 Å². The minimum Gasteiger partial charge on any atom is -0.457 e. The summed E-state index contributed by atoms with van der Waals surface area (Å²) in [5, 5.41) is 13.3. The number of ether oxygens (including phenoxy) is 1. The lowest BCUT2D eigenvalue weighted by atomic mass is 10.2. The van der Waals surface area contributed by atoms with E-state index in [2.05, 4.69) is 5.32 Å². The van der Waals surface area contributed by atoms with Crippen LogP contribution in [-0.2, 0) is 0 Å². The fraction of sp³-hybridized carbons (Fsp3) is 0.133. The number of nitro benzene ring substituents is 1. The zero-order valence-electron chi connectivity index (χ0n) is 11.4. The number of nitro groups is 1. The Balaban J connectivity index is 2.14. The molecule has 0 aliphatic heterocycles. The smallest absolute Gasteiger partial charge is 0.269 e. The predicted molar refractivity (Wildman–Crippen MR) is 77.6 cm³/mol. The molecular formula is C15H14N2O4. The first-order chi connectivity index (χ1) is 10.1. The Morgan fingerprint density at radius 2 is 1.90 bits per heavy atom. The van der Waals surface area contributed by atoms with Crippen LogP contribution in [0.1, 0.15) is 17.3 Å². The van der Waals surface area contributed by atoms with E-state index < -0.39 is 4.92 Å². The first-order valence-corrected chi connectivity index (χ1v) is 6.40. The maximum absolute atomic E-state index is 11.7. The highest BCUT2D eigenvalue weighted by molar-refractivity contribution is 5.94. The molecule has 108 valence electrons. The molecule has 0 aromatic heterocycles. The standard InChI is InChI=1S/C15H14N2O4/c1-2-16-15(18)11-4-3-5-14(10-11)21-13-8-6-12(7-9-13)17(19)20/h3-10H,2H2,1H3,(H,16,18). The van der Waals surface area contributed by atoms with Crippen molar-refractivity contribution in [3.63, 3.8) is 0 Å². The highest BCUT2D eigenvalue weighted by Crippen LogP contribution is 2.24. The number of carbonyl (C=O) groups excluding carboxylic acids is 1. The van der Waals surface area contributed by atoms with Crippen LogP contribution in [0.25, 0.3) is 0 Å². The molecule has 0 unspecified atom stereocenters. The minimum absolute atomic E-state index is 0.00146. The highest BCUT2D eigenvalue weighted by Gasteiger charge is 2.07. The second-order valence-electron chi connectivity index (χ2n) is 4.24. The number of hydrogen-bond acceptors (Lipinski definition) is 4. The van der Waals surface area contributed by atoms with E-state index >= 15 is 0 Å². The van der Waals surface area contributed by atoms with Gasteiger partial charge < -0.3 is 10.1 Å². The minimum atomic E-state index is -0.473. The SMILES string of the molecule is CCNC(=O)c1cccc(Oc2ccc([N+](=O)[O-])cc2)c1. The van der Waals surface area contributed by atoms with Gasteiger partial charge in [0, 0.05) is 24.2 Å². The third-order valence-corrected chi connectivity index (χ3v) is 2.72.